The van der Waals surface area contributed by atoms with Crippen molar-refractivity contribution < 1.29 is 18.6 Å². The van der Waals surface area contributed by atoms with Crippen LogP contribution < -0.4 is 15.0 Å². The Morgan fingerprint density at radius 3 is 2.64 bits per heavy atom. The molecule has 36 heavy (non-hydrogen) atoms. The maximum Gasteiger partial charge on any atom is 0.190 e. The largest absolute Gasteiger partial charge is 0.497 e. The lowest BCUT2D eigenvalue weighted by molar-refractivity contribution is 0.0364. The summed E-state index contributed by atoms with van der Waals surface area (Å²) < 4.78 is 34.8. The lowest BCUT2D eigenvalue weighted by atomic mass is 10.2. The number of nitrogens with zero attached hydrogens (tertiary/aromatic N) is 7. The van der Waals surface area contributed by atoms with Gasteiger partial charge in [0.25, 0.3) is 0 Å². The normalized spacial score (nSPS) is 14.9. The summed E-state index contributed by atoms with van der Waals surface area (Å²) in [6, 6.07) is 6.71. The van der Waals surface area contributed by atoms with Crippen molar-refractivity contribution in [2.24, 2.45) is 12.0 Å². The van der Waals surface area contributed by atoms with Crippen LogP contribution in [0.5, 0.6) is 11.5 Å². The Labute approximate surface area is 207 Å². The van der Waals surface area contributed by atoms with E-state index < -0.39 is 5.82 Å². The van der Waals surface area contributed by atoms with Crippen LogP contribution in [0.1, 0.15) is 0 Å². The fourth-order valence-electron chi connectivity index (χ4n) is 4.16. The number of aromatic nitrogens is 5. The maximum atomic E-state index is 15.1. The van der Waals surface area contributed by atoms with E-state index in [4.69, 9.17) is 19.2 Å². The van der Waals surface area contributed by atoms with Gasteiger partial charge in [0, 0.05) is 57.1 Å². The number of hydrogen-bond acceptors (Lipinski definition) is 8. The third-order valence-electron chi connectivity index (χ3n) is 6.13. The highest BCUT2D eigenvalue weighted by atomic mass is 19.1. The monoisotopic (exact) mass is 493 g/mol. The fraction of sp³-hybridized carbons (Fsp3) is 0.360. The average Bonchev–Trinajstić information content (AvgIpc) is 3.35. The highest BCUT2D eigenvalue weighted by Gasteiger charge is 2.15. The van der Waals surface area contributed by atoms with Crippen LogP contribution in [0.2, 0.25) is 0 Å². The third kappa shape index (κ3) is 4.93. The van der Waals surface area contributed by atoms with E-state index in [2.05, 4.69) is 20.0 Å². The topological polar surface area (TPSA) is 91.8 Å². The zero-order valence-corrected chi connectivity index (χ0v) is 20.5. The molecule has 0 bridgehead atoms. The molecule has 0 saturated carbocycles. The molecule has 0 unspecified atom stereocenters. The second-order valence-electron chi connectivity index (χ2n) is 8.44. The molecule has 0 atom stereocenters. The summed E-state index contributed by atoms with van der Waals surface area (Å²) in [5.41, 5.74) is 3.58. The number of morpholine rings is 1. The van der Waals surface area contributed by atoms with Crippen molar-refractivity contribution in [3.05, 3.63) is 54.2 Å². The van der Waals surface area contributed by atoms with Crippen molar-refractivity contribution >= 4 is 16.9 Å². The van der Waals surface area contributed by atoms with E-state index in [1.807, 2.05) is 29.9 Å². The van der Waals surface area contributed by atoms with Crippen LogP contribution in [0.25, 0.3) is 22.4 Å². The highest BCUT2D eigenvalue weighted by molar-refractivity contribution is 5.73. The molecule has 3 aromatic heterocycles. The van der Waals surface area contributed by atoms with Gasteiger partial charge in [0.2, 0.25) is 0 Å². The van der Waals surface area contributed by atoms with Gasteiger partial charge < -0.3 is 18.8 Å². The van der Waals surface area contributed by atoms with E-state index in [0.29, 0.717) is 47.9 Å². The van der Waals surface area contributed by atoms with E-state index >= 15 is 4.39 Å². The first-order chi connectivity index (χ1) is 17.6. The molecule has 10 nitrogen and oxygen atoms in total. The number of benzene rings is 1. The van der Waals surface area contributed by atoms with Gasteiger partial charge in [-0.05, 0) is 12.1 Å². The van der Waals surface area contributed by atoms with E-state index in [9.17, 15) is 0 Å². The summed E-state index contributed by atoms with van der Waals surface area (Å²) in [4.78, 5) is 16.6. The first-order valence-corrected chi connectivity index (χ1v) is 11.7. The van der Waals surface area contributed by atoms with Crippen LogP contribution in [0, 0.1) is 5.82 Å². The van der Waals surface area contributed by atoms with Gasteiger partial charge in [-0.3, -0.25) is 14.6 Å². The molecule has 4 heterocycles. The van der Waals surface area contributed by atoms with E-state index in [1.165, 1.54) is 20.3 Å². The number of methoxy groups -OCH3 is 2. The van der Waals surface area contributed by atoms with Crippen molar-refractivity contribution in [2.75, 3.05) is 47.1 Å². The summed E-state index contributed by atoms with van der Waals surface area (Å²) in [6.45, 7) is 4.47. The molecule has 0 N–H and O–H groups in total. The minimum atomic E-state index is -0.562. The molecule has 1 saturated heterocycles. The van der Waals surface area contributed by atoms with Crippen LogP contribution in [-0.4, -0.2) is 76.3 Å². The fourth-order valence-corrected chi connectivity index (χ4v) is 4.16. The van der Waals surface area contributed by atoms with Gasteiger partial charge >= 0.3 is 0 Å². The standard InChI is InChI=1S/C25H28FN7O3/c1-31-16-17(14-28-31)21-15-27-19-4-5-23(29-20-12-18(34-2)13-22(35-3)24(20)26)33(25(19)30-21)7-6-32-8-10-36-11-9-32/h4-5,12-16H,6-11H2,1-3H3. The number of halogens is 1. The smallest absolute Gasteiger partial charge is 0.190 e. The van der Waals surface area contributed by atoms with Gasteiger partial charge in [-0.15, -0.1) is 0 Å². The zero-order valence-electron chi connectivity index (χ0n) is 20.5. The lowest BCUT2D eigenvalue weighted by Gasteiger charge is -2.27. The predicted octanol–water partition coefficient (Wildman–Crippen LogP) is 2.55. The number of fused-ring (bicyclic) bond motifs is 1. The molecule has 1 aliphatic heterocycles. The van der Waals surface area contributed by atoms with Crippen LogP contribution >= 0.6 is 0 Å². The maximum absolute atomic E-state index is 15.1. The molecule has 188 valence electrons. The second-order valence-corrected chi connectivity index (χ2v) is 8.44. The third-order valence-corrected chi connectivity index (χ3v) is 6.13. The molecule has 5 rings (SSSR count). The molecule has 1 fully saturated rings. The molecular formula is C25H28FN7O3. The summed E-state index contributed by atoms with van der Waals surface area (Å²) in [5, 5.41) is 4.25. The van der Waals surface area contributed by atoms with Crippen molar-refractivity contribution in [3.8, 4) is 22.8 Å². The Bertz CT molecular complexity index is 1440. The van der Waals surface area contributed by atoms with Crippen molar-refractivity contribution in [2.45, 2.75) is 6.54 Å². The van der Waals surface area contributed by atoms with Crippen molar-refractivity contribution in [1.82, 2.24) is 29.2 Å². The molecule has 1 aliphatic rings. The molecule has 0 aliphatic carbocycles. The molecule has 0 spiro atoms. The minimum Gasteiger partial charge on any atom is -0.497 e. The Morgan fingerprint density at radius 1 is 1.08 bits per heavy atom. The molecule has 1 aromatic carbocycles. The van der Waals surface area contributed by atoms with Gasteiger partial charge in [-0.25, -0.2) is 14.4 Å². The van der Waals surface area contributed by atoms with Gasteiger partial charge in [0.05, 0.1) is 45.5 Å². The summed E-state index contributed by atoms with van der Waals surface area (Å²) in [6.07, 6.45) is 5.37. The van der Waals surface area contributed by atoms with E-state index in [1.54, 1.807) is 23.1 Å². The second kappa shape index (κ2) is 10.4. The number of aryl methyl sites for hydroxylation is 1. The van der Waals surface area contributed by atoms with Gasteiger partial charge in [-0.2, -0.15) is 5.10 Å². The number of hydrogen-bond donors (Lipinski definition) is 0. The van der Waals surface area contributed by atoms with Crippen LogP contribution in [0.4, 0.5) is 10.1 Å². The molecular weight excluding hydrogens is 465 g/mol. The summed E-state index contributed by atoms with van der Waals surface area (Å²) in [7, 11) is 4.79. The number of pyridine rings is 1. The van der Waals surface area contributed by atoms with Gasteiger partial charge in [-0.1, -0.05) is 0 Å². The minimum absolute atomic E-state index is 0.0624. The summed E-state index contributed by atoms with van der Waals surface area (Å²) in [5.74, 6) is -0.0490. The molecule has 4 aromatic rings. The first-order valence-electron chi connectivity index (χ1n) is 11.7. The molecule has 0 radical (unpaired) electrons. The quantitative estimate of drug-likeness (QED) is 0.391. The summed E-state index contributed by atoms with van der Waals surface area (Å²) >= 11 is 0. The molecule has 0 amide bonds. The van der Waals surface area contributed by atoms with Crippen LogP contribution in [-0.2, 0) is 18.3 Å². The lowest BCUT2D eigenvalue weighted by Crippen LogP contribution is -2.39. The van der Waals surface area contributed by atoms with Crippen LogP contribution in [0.3, 0.4) is 0 Å². The van der Waals surface area contributed by atoms with Crippen molar-refractivity contribution in [1.29, 1.82) is 0 Å². The van der Waals surface area contributed by atoms with Crippen LogP contribution in [0.15, 0.2) is 47.8 Å². The highest BCUT2D eigenvalue weighted by Crippen LogP contribution is 2.32. The average molecular weight is 494 g/mol. The Balaban J connectivity index is 1.66. The number of rotatable bonds is 7. The van der Waals surface area contributed by atoms with E-state index in [-0.39, 0.29) is 11.4 Å². The Hall–Kier alpha value is -3.83. The van der Waals surface area contributed by atoms with Gasteiger partial charge in [0.15, 0.2) is 17.2 Å². The predicted molar refractivity (Wildman–Crippen MR) is 132 cm³/mol. The molecule has 11 heteroatoms. The van der Waals surface area contributed by atoms with Gasteiger partial charge in [0.1, 0.15) is 22.4 Å². The Kier molecular flexibility index (Phi) is 6.92. The van der Waals surface area contributed by atoms with Crippen molar-refractivity contribution in [3.63, 3.8) is 0 Å². The SMILES string of the molecule is COc1cc(N=c2ccc3ncc(-c4cnn(C)c4)nc3n2CCN2CCOCC2)c(F)c(OC)c1. The first kappa shape index (κ1) is 23.9. The zero-order chi connectivity index (χ0) is 25.1. The van der Waals surface area contributed by atoms with E-state index in [0.717, 1.165) is 25.2 Å². The number of ether oxygens (including phenoxy) is 3. The Morgan fingerprint density at radius 2 is 1.92 bits per heavy atom.